The molecule has 4 unspecified atom stereocenters. The van der Waals surface area contributed by atoms with Crippen molar-refractivity contribution in [1.82, 2.24) is 0 Å². The highest BCUT2D eigenvalue weighted by molar-refractivity contribution is 5.87. The van der Waals surface area contributed by atoms with Crippen molar-refractivity contribution < 1.29 is 29.6 Å². The first kappa shape index (κ1) is 29.3. The first-order valence-electron chi connectivity index (χ1n) is 14.7. The summed E-state index contributed by atoms with van der Waals surface area (Å²) in [6, 6.07) is 0. The molecule has 0 saturated heterocycles. The van der Waals surface area contributed by atoms with Crippen molar-refractivity contribution in [2.24, 2.45) is 51.8 Å². The van der Waals surface area contributed by atoms with Gasteiger partial charge in [-0.2, -0.15) is 0 Å². The van der Waals surface area contributed by atoms with Gasteiger partial charge in [0.2, 0.25) is 0 Å². The van der Waals surface area contributed by atoms with Gasteiger partial charge in [-0.05, 0) is 106 Å². The Morgan fingerprint density at radius 1 is 1.03 bits per heavy atom. The smallest absolute Gasteiger partial charge is 0.333 e. The summed E-state index contributed by atoms with van der Waals surface area (Å²) in [5, 5.41) is 33.1. The predicted octanol–water partition coefficient (Wildman–Crippen LogP) is 5.77. The van der Waals surface area contributed by atoms with E-state index >= 15 is 0 Å². The Morgan fingerprint density at radius 2 is 1.68 bits per heavy atom. The first-order valence-corrected chi connectivity index (χ1v) is 14.7. The van der Waals surface area contributed by atoms with Gasteiger partial charge in [-0.25, -0.2) is 4.79 Å². The number of carbonyl (C=O) groups is 2. The van der Waals surface area contributed by atoms with Crippen molar-refractivity contribution in [3.05, 3.63) is 23.8 Å². The van der Waals surface area contributed by atoms with Gasteiger partial charge in [-0.15, -0.1) is 0 Å². The second-order valence-corrected chi connectivity index (χ2v) is 14.3. The van der Waals surface area contributed by atoms with Crippen molar-refractivity contribution in [3.8, 4) is 0 Å². The predicted molar refractivity (Wildman–Crippen MR) is 147 cm³/mol. The maximum atomic E-state index is 12.8. The number of carbonyl (C=O) groups excluding carboxylic acids is 1. The van der Waals surface area contributed by atoms with Crippen LogP contribution in [-0.4, -0.2) is 45.6 Å². The number of aliphatic hydroxyl groups excluding tert-OH is 2. The van der Waals surface area contributed by atoms with Crippen molar-refractivity contribution in [2.45, 2.75) is 112 Å². The molecule has 4 rings (SSSR count). The fraction of sp³-hybridized carbons (Fsp3) is 0.812. The number of hydrogen-bond donors (Lipinski definition) is 3. The summed E-state index contributed by atoms with van der Waals surface area (Å²) in [5.74, 6) is -1.94. The summed E-state index contributed by atoms with van der Waals surface area (Å²) in [4.78, 5) is 25.5. The lowest BCUT2D eigenvalue weighted by molar-refractivity contribution is -0.240. The Bertz CT molecular complexity index is 998. The van der Waals surface area contributed by atoms with Crippen LogP contribution in [-0.2, 0) is 14.3 Å². The Kier molecular flexibility index (Phi) is 7.77. The number of allylic oxidation sites excluding steroid dienone is 2. The summed E-state index contributed by atoms with van der Waals surface area (Å²) in [5.41, 5.74) is 0.725. The molecule has 0 spiro atoms. The van der Waals surface area contributed by atoms with Crippen molar-refractivity contribution in [2.75, 3.05) is 0 Å². The van der Waals surface area contributed by atoms with E-state index in [0.29, 0.717) is 30.8 Å². The normalized spacial score (nSPS) is 46.7. The van der Waals surface area contributed by atoms with Gasteiger partial charge in [0.1, 0.15) is 6.10 Å². The lowest BCUT2D eigenvalue weighted by Gasteiger charge is -2.69. The van der Waals surface area contributed by atoms with E-state index in [2.05, 4.69) is 34.3 Å². The zero-order valence-corrected chi connectivity index (χ0v) is 24.5. The van der Waals surface area contributed by atoms with Crippen LogP contribution < -0.4 is 0 Å². The number of ether oxygens (including phenoxy) is 1. The molecule has 0 heterocycles. The van der Waals surface area contributed by atoms with E-state index in [1.54, 1.807) is 6.92 Å². The molecule has 0 radical (unpaired) electrons. The molecule has 4 saturated carbocycles. The van der Waals surface area contributed by atoms with Gasteiger partial charge in [0.25, 0.3) is 0 Å². The molecule has 4 fully saturated rings. The number of esters is 1. The molecule has 0 bridgehead atoms. The van der Waals surface area contributed by atoms with Crippen LogP contribution in [0, 0.1) is 51.8 Å². The van der Waals surface area contributed by atoms with Crippen LogP contribution in [0.4, 0.5) is 0 Å². The molecule has 0 amide bonds. The molecule has 12 atom stereocenters. The Morgan fingerprint density at radius 3 is 2.26 bits per heavy atom. The summed E-state index contributed by atoms with van der Waals surface area (Å²) in [7, 11) is 0. The monoisotopic (exact) mass is 530 g/mol. The summed E-state index contributed by atoms with van der Waals surface area (Å²) in [6.07, 6.45) is 5.59. The Labute approximate surface area is 228 Å². The fourth-order valence-corrected chi connectivity index (χ4v) is 10.1. The van der Waals surface area contributed by atoms with E-state index in [4.69, 9.17) is 4.74 Å². The summed E-state index contributed by atoms with van der Waals surface area (Å²) in [6.45, 7) is 18.4. The summed E-state index contributed by atoms with van der Waals surface area (Å²) >= 11 is 0. The maximum absolute atomic E-state index is 12.8. The number of rotatable bonds is 6. The topological polar surface area (TPSA) is 104 Å². The van der Waals surface area contributed by atoms with Crippen LogP contribution in [0.25, 0.3) is 0 Å². The van der Waals surface area contributed by atoms with Crippen LogP contribution in [0.5, 0.6) is 0 Å². The standard InChI is InChI=1S/C32H50O6/c1-17(2)9-10-20(28(35)36)26-22-15-24(34)27-30(6)13-12-23(33)19(5)21(30)11-14-31(27,7)32(22,8)16-25(26)38-29(37)18(3)4/h9,19-27,33-34H,3,10-16H2,1-2,4-8H3,(H,35,36)/t19-,20+,21?,22?,23+,24?,25-,26+,27?,30-,31-,32-/m0/s1. The highest BCUT2D eigenvalue weighted by atomic mass is 16.5. The molecule has 6 nitrogen and oxygen atoms in total. The van der Waals surface area contributed by atoms with Gasteiger partial charge in [-0.1, -0.05) is 45.9 Å². The molecule has 38 heavy (non-hydrogen) atoms. The van der Waals surface area contributed by atoms with Gasteiger partial charge in [0.15, 0.2) is 0 Å². The minimum absolute atomic E-state index is 0.0438. The molecule has 0 aliphatic heterocycles. The second kappa shape index (κ2) is 10.1. The molecular weight excluding hydrogens is 480 g/mol. The zero-order valence-electron chi connectivity index (χ0n) is 24.5. The van der Waals surface area contributed by atoms with Crippen LogP contribution in [0.1, 0.15) is 93.4 Å². The first-order chi connectivity index (χ1) is 17.6. The van der Waals surface area contributed by atoms with E-state index in [0.717, 1.165) is 31.3 Å². The third kappa shape index (κ3) is 4.38. The van der Waals surface area contributed by atoms with Crippen molar-refractivity contribution in [1.29, 1.82) is 0 Å². The van der Waals surface area contributed by atoms with Gasteiger partial charge >= 0.3 is 11.9 Å². The molecule has 0 aromatic carbocycles. The van der Waals surface area contributed by atoms with E-state index in [-0.39, 0.29) is 46.0 Å². The maximum Gasteiger partial charge on any atom is 0.333 e. The van der Waals surface area contributed by atoms with E-state index in [1.807, 2.05) is 19.9 Å². The lowest BCUT2D eigenvalue weighted by Crippen LogP contribution is -2.66. The Balaban J connectivity index is 1.80. The number of carboxylic acids is 1. The van der Waals surface area contributed by atoms with E-state index in [9.17, 15) is 24.9 Å². The number of carboxylic acid groups (broad SMARTS) is 1. The number of hydrogen-bond acceptors (Lipinski definition) is 5. The number of fused-ring (bicyclic) bond motifs is 5. The van der Waals surface area contributed by atoms with Gasteiger partial charge in [0, 0.05) is 11.5 Å². The molecule has 0 aromatic rings. The lowest BCUT2D eigenvalue weighted by atomic mass is 9.36. The van der Waals surface area contributed by atoms with E-state index < -0.39 is 30.1 Å². The second-order valence-electron chi connectivity index (χ2n) is 14.3. The molecule has 4 aliphatic rings. The van der Waals surface area contributed by atoms with Gasteiger partial charge in [0.05, 0.1) is 18.1 Å². The average molecular weight is 531 g/mol. The van der Waals surface area contributed by atoms with Gasteiger partial charge in [-0.3, -0.25) is 4.79 Å². The quantitative estimate of drug-likeness (QED) is 0.229. The third-order valence-corrected chi connectivity index (χ3v) is 12.1. The molecule has 0 aromatic heterocycles. The van der Waals surface area contributed by atoms with Crippen LogP contribution in [0.3, 0.4) is 0 Å². The van der Waals surface area contributed by atoms with Gasteiger partial charge < -0.3 is 20.1 Å². The van der Waals surface area contributed by atoms with Crippen molar-refractivity contribution in [3.63, 3.8) is 0 Å². The molecule has 3 N–H and O–H groups in total. The highest BCUT2D eigenvalue weighted by Gasteiger charge is 2.72. The molecule has 214 valence electrons. The molecule has 4 aliphatic carbocycles. The zero-order chi connectivity index (χ0) is 28.4. The number of aliphatic carboxylic acids is 1. The minimum atomic E-state index is -0.874. The SMILES string of the molecule is C=C(C)C(=O)O[C@H]1C[C@@]2(C)C(CC(O)C3[C@@]4(C)CC[C@@H](O)[C@@H](C)C4CC[C@@]32C)[C@H]1[C@@H](CC=C(C)C)C(=O)O. The average Bonchev–Trinajstić information content (AvgIpc) is 3.08. The summed E-state index contributed by atoms with van der Waals surface area (Å²) < 4.78 is 6.07. The Hall–Kier alpha value is -1.66. The van der Waals surface area contributed by atoms with Crippen LogP contribution in [0.15, 0.2) is 23.8 Å². The minimum Gasteiger partial charge on any atom is -0.481 e. The molecular formula is C32H50O6. The molecule has 6 heteroatoms. The van der Waals surface area contributed by atoms with Crippen LogP contribution in [0.2, 0.25) is 0 Å². The highest BCUT2D eigenvalue weighted by Crippen LogP contribution is 2.74. The van der Waals surface area contributed by atoms with E-state index in [1.165, 1.54) is 0 Å². The fourth-order valence-electron chi connectivity index (χ4n) is 10.1. The largest absolute Gasteiger partial charge is 0.481 e. The third-order valence-electron chi connectivity index (χ3n) is 12.1. The van der Waals surface area contributed by atoms with Crippen LogP contribution >= 0.6 is 0 Å². The van der Waals surface area contributed by atoms with Crippen molar-refractivity contribution >= 4 is 11.9 Å². The number of aliphatic hydroxyl groups is 2.